The Bertz CT molecular complexity index is 897. The van der Waals surface area contributed by atoms with Crippen molar-refractivity contribution in [3.05, 3.63) is 65.9 Å². The molecule has 120 valence electrons. The highest BCUT2D eigenvalue weighted by molar-refractivity contribution is 5.95. The van der Waals surface area contributed by atoms with Crippen molar-refractivity contribution in [2.45, 2.75) is 13.8 Å². The fourth-order valence-electron chi connectivity index (χ4n) is 2.28. The van der Waals surface area contributed by atoms with Gasteiger partial charge in [0.25, 0.3) is 0 Å². The number of ketones is 1. The van der Waals surface area contributed by atoms with Crippen LogP contribution in [0.2, 0.25) is 0 Å². The lowest BCUT2D eigenvalue weighted by Gasteiger charge is -2.10. The smallest absolute Gasteiger partial charge is 0.163 e. The van der Waals surface area contributed by atoms with Crippen LogP contribution in [-0.2, 0) is 0 Å². The second kappa shape index (κ2) is 6.54. The quantitative estimate of drug-likeness (QED) is 0.737. The summed E-state index contributed by atoms with van der Waals surface area (Å²) in [5, 5.41) is 3.09. The minimum atomic E-state index is -0.539. The minimum absolute atomic E-state index is 0.0401. The molecule has 1 aromatic carbocycles. The van der Waals surface area contributed by atoms with Crippen LogP contribution in [0.15, 0.2) is 48.8 Å². The highest BCUT2D eigenvalue weighted by Gasteiger charge is 2.10. The van der Waals surface area contributed by atoms with E-state index in [9.17, 15) is 9.18 Å². The third-order valence-corrected chi connectivity index (χ3v) is 3.39. The van der Waals surface area contributed by atoms with Gasteiger partial charge in [0, 0.05) is 35.4 Å². The third kappa shape index (κ3) is 3.43. The minimum Gasteiger partial charge on any atom is -0.340 e. The van der Waals surface area contributed by atoms with Crippen molar-refractivity contribution in [2.75, 3.05) is 5.32 Å². The van der Waals surface area contributed by atoms with Gasteiger partial charge in [0.15, 0.2) is 11.6 Å². The molecule has 24 heavy (non-hydrogen) atoms. The second-order valence-electron chi connectivity index (χ2n) is 5.34. The second-order valence-corrected chi connectivity index (χ2v) is 5.34. The van der Waals surface area contributed by atoms with Crippen LogP contribution in [0.25, 0.3) is 11.4 Å². The van der Waals surface area contributed by atoms with E-state index in [0.717, 1.165) is 11.3 Å². The lowest BCUT2D eigenvalue weighted by Crippen LogP contribution is -2.02. The average molecular weight is 322 g/mol. The highest BCUT2D eigenvalue weighted by atomic mass is 19.1. The van der Waals surface area contributed by atoms with E-state index in [1.165, 1.54) is 19.1 Å². The van der Waals surface area contributed by atoms with Gasteiger partial charge in [-0.2, -0.15) is 0 Å². The van der Waals surface area contributed by atoms with Gasteiger partial charge in [-0.25, -0.2) is 14.4 Å². The maximum Gasteiger partial charge on any atom is 0.163 e. The maximum absolute atomic E-state index is 13.6. The molecule has 2 aromatic heterocycles. The maximum atomic E-state index is 13.6. The number of carbonyl (C=O) groups excluding carboxylic acids is 1. The van der Waals surface area contributed by atoms with Gasteiger partial charge >= 0.3 is 0 Å². The Morgan fingerprint density at radius 3 is 2.71 bits per heavy atom. The van der Waals surface area contributed by atoms with Crippen LogP contribution in [0.4, 0.5) is 15.9 Å². The van der Waals surface area contributed by atoms with E-state index in [1.807, 2.05) is 19.1 Å². The summed E-state index contributed by atoms with van der Waals surface area (Å²) in [5.74, 6) is 0.232. The first kappa shape index (κ1) is 15.7. The van der Waals surface area contributed by atoms with Crippen molar-refractivity contribution in [3.63, 3.8) is 0 Å². The molecule has 0 fully saturated rings. The number of nitrogens with one attached hydrogen (secondary N) is 1. The molecule has 0 bridgehead atoms. The number of carbonyl (C=O) groups is 1. The standard InChI is InChI=1S/C18H15FN4O/c1-11-8-17(23-18(21-11)13-4-3-7-20-10-13)22-14-5-6-16(19)15(9-14)12(2)24/h3-10H,1-2H3,(H,21,22,23). The average Bonchev–Trinajstić information content (AvgIpc) is 2.56. The summed E-state index contributed by atoms with van der Waals surface area (Å²) in [7, 11) is 0. The fourth-order valence-corrected chi connectivity index (χ4v) is 2.28. The number of pyridine rings is 1. The van der Waals surface area contributed by atoms with Crippen LogP contribution in [0.3, 0.4) is 0 Å². The summed E-state index contributed by atoms with van der Waals surface area (Å²) in [6.45, 7) is 3.19. The van der Waals surface area contributed by atoms with Gasteiger partial charge in [-0.15, -0.1) is 0 Å². The van der Waals surface area contributed by atoms with Crippen molar-refractivity contribution in [1.82, 2.24) is 15.0 Å². The number of halogens is 1. The number of benzene rings is 1. The Hall–Kier alpha value is -3.15. The molecule has 0 spiro atoms. The predicted octanol–water partition coefficient (Wildman–Crippen LogP) is 3.93. The van der Waals surface area contributed by atoms with Crippen LogP contribution in [-0.4, -0.2) is 20.7 Å². The van der Waals surface area contributed by atoms with Crippen molar-refractivity contribution in [2.24, 2.45) is 0 Å². The van der Waals surface area contributed by atoms with Crippen molar-refractivity contribution < 1.29 is 9.18 Å². The Morgan fingerprint density at radius 2 is 2.00 bits per heavy atom. The number of aromatic nitrogens is 3. The van der Waals surface area contributed by atoms with Crippen molar-refractivity contribution in [3.8, 4) is 11.4 Å². The molecule has 2 heterocycles. The zero-order valence-corrected chi connectivity index (χ0v) is 13.2. The van der Waals surface area contributed by atoms with Crippen molar-refractivity contribution >= 4 is 17.3 Å². The molecular weight excluding hydrogens is 307 g/mol. The lowest BCUT2D eigenvalue weighted by molar-refractivity contribution is 0.101. The normalized spacial score (nSPS) is 10.5. The molecule has 0 unspecified atom stereocenters. The number of aryl methyl sites for hydroxylation is 1. The molecule has 0 aliphatic rings. The van der Waals surface area contributed by atoms with Crippen LogP contribution >= 0.6 is 0 Å². The first-order chi connectivity index (χ1) is 11.5. The van der Waals surface area contributed by atoms with E-state index in [1.54, 1.807) is 24.5 Å². The molecule has 1 N–H and O–H groups in total. The zero-order valence-electron chi connectivity index (χ0n) is 13.2. The van der Waals surface area contributed by atoms with Crippen LogP contribution in [0.1, 0.15) is 23.0 Å². The van der Waals surface area contributed by atoms with Crippen LogP contribution in [0, 0.1) is 12.7 Å². The number of Topliss-reactive ketones (excluding diaryl/α,β-unsaturated/α-hetero) is 1. The first-order valence-electron chi connectivity index (χ1n) is 7.36. The number of rotatable bonds is 4. The third-order valence-electron chi connectivity index (χ3n) is 3.39. The summed E-state index contributed by atoms with van der Waals surface area (Å²) >= 11 is 0. The Morgan fingerprint density at radius 1 is 1.17 bits per heavy atom. The Labute approximate surface area is 138 Å². The monoisotopic (exact) mass is 322 g/mol. The number of hydrogen-bond acceptors (Lipinski definition) is 5. The van der Waals surface area contributed by atoms with Gasteiger partial charge in [-0.05, 0) is 44.2 Å². The largest absolute Gasteiger partial charge is 0.340 e. The van der Waals surface area contributed by atoms with Gasteiger partial charge < -0.3 is 5.32 Å². The SMILES string of the molecule is CC(=O)c1cc(Nc2cc(C)nc(-c3cccnc3)n2)ccc1F. The summed E-state index contributed by atoms with van der Waals surface area (Å²) in [6, 6.07) is 9.75. The van der Waals surface area contributed by atoms with Gasteiger partial charge in [0.2, 0.25) is 0 Å². The van der Waals surface area contributed by atoms with E-state index in [2.05, 4.69) is 20.3 Å². The summed E-state index contributed by atoms with van der Waals surface area (Å²) in [4.78, 5) is 24.4. The molecule has 0 atom stereocenters. The van der Waals surface area contributed by atoms with E-state index < -0.39 is 5.82 Å². The molecular formula is C18H15FN4O. The van der Waals surface area contributed by atoms with E-state index in [0.29, 0.717) is 17.3 Å². The summed E-state index contributed by atoms with van der Waals surface area (Å²) in [6.07, 6.45) is 3.37. The van der Waals surface area contributed by atoms with Crippen molar-refractivity contribution in [1.29, 1.82) is 0 Å². The van der Waals surface area contributed by atoms with Crippen LogP contribution < -0.4 is 5.32 Å². The summed E-state index contributed by atoms with van der Waals surface area (Å²) < 4.78 is 13.6. The molecule has 6 heteroatoms. The number of anilines is 2. The van der Waals surface area contributed by atoms with E-state index in [-0.39, 0.29) is 11.3 Å². The molecule has 3 rings (SSSR count). The van der Waals surface area contributed by atoms with Gasteiger partial charge in [-0.3, -0.25) is 9.78 Å². The van der Waals surface area contributed by atoms with Crippen LogP contribution in [0.5, 0.6) is 0 Å². The topological polar surface area (TPSA) is 67.8 Å². The molecule has 0 amide bonds. The summed E-state index contributed by atoms with van der Waals surface area (Å²) in [5.41, 5.74) is 2.20. The molecule has 0 aliphatic carbocycles. The van der Waals surface area contributed by atoms with Gasteiger partial charge in [-0.1, -0.05) is 0 Å². The zero-order chi connectivity index (χ0) is 17.1. The molecule has 5 nitrogen and oxygen atoms in total. The number of nitrogens with zero attached hydrogens (tertiary/aromatic N) is 3. The number of hydrogen-bond donors (Lipinski definition) is 1. The van der Waals surface area contributed by atoms with E-state index >= 15 is 0 Å². The highest BCUT2D eigenvalue weighted by Crippen LogP contribution is 2.22. The van der Waals surface area contributed by atoms with E-state index in [4.69, 9.17) is 0 Å². The molecule has 0 radical (unpaired) electrons. The Kier molecular flexibility index (Phi) is 4.29. The van der Waals surface area contributed by atoms with Gasteiger partial charge in [0.1, 0.15) is 11.6 Å². The first-order valence-corrected chi connectivity index (χ1v) is 7.36. The fraction of sp³-hybridized carbons (Fsp3) is 0.111. The lowest BCUT2D eigenvalue weighted by atomic mass is 10.1. The predicted molar refractivity (Wildman–Crippen MR) is 89.7 cm³/mol. The van der Waals surface area contributed by atoms with Gasteiger partial charge in [0.05, 0.1) is 5.56 Å². The Balaban J connectivity index is 1.95. The molecule has 0 saturated heterocycles. The molecule has 0 aliphatic heterocycles. The molecule has 3 aromatic rings. The molecule has 0 saturated carbocycles.